The first-order chi connectivity index (χ1) is 9.51. The minimum atomic E-state index is -0.406. The predicted molar refractivity (Wildman–Crippen MR) is 69.6 cm³/mol. The zero-order chi connectivity index (χ0) is 14.4. The van der Waals surface area contributed by atoms with E-state index in [1.54, 1.807) is 0 Å². The molecule has 1 aromatic heterocycles. The summed E-state index contributed by atoms with van der Waals surface area (Å²) >= 11 is 5.88. The van der Waals surface area contributed by atoms with Crippen LogP contribution >= 0.6 is 11.6 Å². The van der Waals surface area contributed by atoms with E-state index in [1.165, 1.54) is 19.5 Å². The monoisotopic (exact) mass is 295 g/mol. The maximum atomic E-state index is 12.2. The minimum absolute atomic E-state index is 0.0509. The number of rotatable bonds is 4. The number of amides is 1. The highest BCUT2D eigenvalue weighted by atomic mass is 35.5. The number of nitrogens with zero attached hydrogens (tertiary/aromatic N) is 2. The highest BCUT2D eigenvalue weighted by Crippen LogP contribution is 2.73. The summed E-state index contributed by atoms with van der Waals surface area (Å²) in [7, 11) is 1.38. The maximum absolute atomic E-state index is 12.2. The van der Waals surface area contributed by atoms with Crippen molar-refractivity contribution in [3.8, 4) is 0 Å². The van der Waals surface area contributed by atoms with Gasteiger partial charge in [-0.3, -0.25) is 14.6 Å². The maximum Gasteiger partial charge on any atom is 0.311 e. The van der Waals surface area contributed by atoms with Crippen LogP contribution in [0.5, 0.6) is 0 Å². The number of carbonyl (C=O) groups is 2. The fourth-order valence-electron chi connectivity index (χ4n) is 3.28. The molecule has 1 N–H and O–H groups in total. The van der Waals surface area contributed by atoms with Gasteiger partial charge in [0.15, 0.2) is 5.15 Å². The van der Waals surface area contributed by atoms with Gasteiger partial charge >= 0.3 is 5.97 Å². The molecule has 0 aromatic carbocycles. The molecule has 1 heterocycles. The van der Waals surface area contributed by atoms with E-state index >= 15 is 0 Å². The number of ether oxygens (including phenoxy) is 1. The average molecular weight is 296 g/mol. The van der Waals surface area contributed by atoms with Crippen molar-refractivity contribution in [3.05, 3.63) is 23.2 Å². The van der Waals surface area contributed by atoms with E-state index in [-0.39, 0.29) is 23.6 Å². The van der Waals surface area contributed by atoms with Gasteiger partial charge in [0.05, 0.1) is 30.2 Å². The van der Waals surface area contributed by atoms with Crippen LogP contribution < -0.4 is 5.32 Å². The van der Waals surface area contributed by atoms with Crippen molar-refractivity contribution >= 4 is 23.5 Å². The van der Waals surface area contributed by atoms with Crippen LogP contribution in [-0.2, 0) is 20.9 Å². The van der Waals surface area contributed by atoms with Gasteiger partial charge in [-0.1, -0.05) is 11.6 Å². The highest BCUT2D eigenvalue weighted by molar-refractivity contribution is 6.30. The van der Waals surface area contributed by atoms with Crippen LogP contribution in [0.4, 0.5) is 0 Å². The number of carbonyl (C=O) groups excluding carboxylic acids is 2. The third-order valence-electron chi connectivity index (χ3n) is 4.27. The number of halogens is 1. The van der Waals surface area contributed by atoms with Gasteiger partial charge in [0.1, 0.15) is 0 Å². The fourth-order valence-corrected chi connectivity index (χ4v) is 3.45. The Hall–Kier alpha value is -1.69. The highest BCUT2D eigenvalue weighted by Gasteiger charge is 2.75. The molecule has 7 heteroatoms. The molecule has 3 aliphatic carbocycles. The number of nitrogens with one attached hydrogen (secondary N) is 1. The molecule has 0 aliphatic heterocycles. The van der Waals surface area contributed by atoms with Gasteiger partial charge in [-0.05, 0) is 19.3 Å². The standard InChI is InChI=1S/C13H14ClN3O3/c1-20-11(19)13-5-12(6-13,7-13)10(18)17-4-8-9(14)16-3-2-15-8/h2-3H,4-7H2,1H3,(H,17,18). The number of hydrogen-bond acceptors (Lipinski definition) is 5. The first-order valence-corrected chi connectivity index (χ1v) is 6.71. The first-order valence-electron chi connectivity index (χ1n) is 6.33. The third kappa shape index (κ3) is 1.78. The Balaban J connectivity index is 1.56. The van der Waals surface area contributed by atoms with E-state index in [0.717, 1.165) is 0 Å². The molecule has 0 radical (unpaired) electrons. The Morgan fingerprint density at radius 3 is 2.55 bits per heavy atom. The van der Waals surface area contributed by atoms with E-state index in [1.807, 2.05) is 0 Å². The van der Waals surface area contributed by atoms with E-state index in [4.69, 9.17) is 16.3 Å². The Labute approximate surface area is 120 Å². The lowest BCUT2D eigenvalue weighted by Gasteiger charge is -2.66. The first kappa shape index (κ1) is 13.3. The van der Waals surface area contributed by atoms with Gasteiger partial charge < -0.3 is 10.1 Å². The van der Waals surface area contributed by atoms with Gasteiger partial charge in [0.2, 0.25) is 5.91 Å². The van der Waals surface area contributed by atoms with Crippen LogP contribution in [0, 0.1) is 10.8 Å². The number of hydrogen-bond donors (Lipinski definition) is 1. The van der Waals surface area contributed by atoms with Gasteiger partial charge in [-0.25, -0.2) is 4.98 Å². The van der Waals surface area contributed by atoms with Crippen LogP contribution in [0.15, 0.2) is 12.4 Å². The number of aromatic nitrogens is 2. The zero-order valence-corrected chi connectivity index (χ0v) is 11.7. The lowest BCUT2D eigenvalue weighted by Crippen LogP contribution is -2.70. The quantitative estimate of drug-likeness (QED) is 0.841. The molecule has 1 amide bonds. The largest absolute Gasteiger partial charge is 0.469 e. The summed E-state index contributed by atoms with van der Waals surface area (Å²) in [5, 5.41) is 3.10. The molecule has 2 bridgehead atoms. The molecule has 1 aromatic rings. The molecule has 0 saturated heterocycles. The second-order valence-corrected chi connectivity index (χ2v) is 5.92. The Bertz CT molecular complexity index is 570. The van der Waals surface area contributed by atoms with Crippen molar-refractivity contribution < 1.29 is 14.3 Å². The van der Waals surface area contributed by atoms with Crippen LogP contribution in [0.2, 0.25) is 5.15 Å². The Morgan fingerprint density at radius 2 is 1.95 bits per heavy atom. The lowest BCUT2D eigenvalue weighted by atomic mass is 9.35. The smallest absolute Gasteiger partial charge is 0.311 e. The summed E-state index contributed by atoms with van der Waals surface area (Å²) in [5.74, 6) is -0.255. The van der Waals surface area contributed by atoms with E-state index in [2.05, 4.69) is 15.3 Å². The van der Waals surface area contributed by atoms with Gasteiger partial charge in [-0.2, -0.15) is 0 Å². The predicted octanol–water partition coefficient (Wildman–Crippen LogP) is 1.09. The van der Waals surface area contributed by atoms with Crippen molar-refractivity contribution in [3.63, 3.8) is 0 Å². The number of methoxy groups -OCH3 is 1. The molecule has 3 aliphatic rings. The molecule has 0 spiro atoms. The van der Waals surface area contributed by atoms with Crippen molar-refractivity contribution in [1.82, 2.24) is 15.3 Å². The normalized spacial score (nSPS) is 29.9. The number of esters is 1. The summed E-state index contributed by atoms with van der Waals surface area (Å²) in [6, 6.07) is 0. The van der Waals surface area contributed by atoms with Gasteiger partial charge in [-0.15, -0.1) is 0 Å². The summed E-state index contributed by atoms with van der Waals surface area (Å²) in [5.41, 5.74) is -0.268. The van der Waals surface area contributed by atoms with Crippen LogP contribution in [0.3, 0.4) is 0 Å². The fraction of sp³-hybridized carbons (Fsp3) is 0.538. The van der Waals surface area contributed by atoms with Crippen LogP contribution in [0.1, 0.15) is 25.0 Å². The van der Waals surface area contributed by atoms with E-state index in [9.17, 15) is 9.59 Å². The van der Waals surface area contributed by atoms with Gasteiger partial charge in [0, 0.05) is 12.4 Å². The van der Waals surface area contributed by atoms with Crippen molar-refractivity contribution in [2.24, 2.45) is 10.8 Å². The van der Waals surface area contributed by atoms with Crippen LogP contribution in [-0.4, -0.2) is 29.0 Å². The van der Waals surface area contributed by atoms with Crippen molar-refractivity contribution in [1.29, 1.82) is 0 Å². The summed E-state index contributed by atoms with van der Waals surface area (Å²) in [4.78, 5) is 31.7. The lowest BCUT2D eigenvalue weighted by molar-refractivity contribution is -0.222. The SMILES string of the molecule is COC(=O)C12CC(C(=O)NCc3nccnc3Cl)(C1)C2. The molecule has 106 valence electrons. The van der Waals surface area contributed by atoms with E-state index in [0.29, 0.717) is 25.0 Å². The van der Waals surface area contributed by atoms with Gasteiger partial charge in [0.25, 0.3) is 0 Å². The third-order valence-corrected chi connectivity index (χ3v) is 4.59. The molecular weight excluding hydrogens is 282 g/mol. The molecule has 0 atom stereocenters. The second-order valence-electron chi connectivity index (χ2n) is 5.56. The molecule has 3 saturated carbocycles. The molecule has 20 heavy (non-hydrogen) atoms. The van der Waals surface area contributed by atoms with Crippen molar-refractivity contribution in [2.75, 3.05) is 7.11 Å². The Kier molecular flexibility index (Phi) is 2.93. The zero-order valence-electron chi connectivity index (χ0n) is 11.0. The second kappa shape index (κ2) is 4.41. The molecule has 0 unspecified atom stereocenters. The summed E-state index contributed by atoms with van der Waals surface area (Å²) < 4.78 is 4.76. The van der Waals surface area contributed by atoms with Crippen molar-refractivity contribution in [2.45, 2.75) is 25.8 Å². The minimum Gasteiger partial charge on any atom is -0.469 e. The molecule has 4 rings (SSSR count). The van der Waals surface area contributed by atoms with E-state index < -0.39 is 10.8 Å². The van der Waals surface area contributed by atoms with Crippen LogP contribution in [0.25, 0.3) is 0 Å². The summed E-state index contributed by atoms with van der Waals surface area (Å²) in [6.45, 7) is 0.248. The average Bonchev–Trinajstić information content (AvgIpc) is 2.34. The Morgan fingerprint density at radius 1 is 1.30 bits per heavy atom. The molecule has 6 nitrogen and oxygen atoms in total. The molecule has 3 fully saturated rings. The molecular formula is C13H14ClN3O3. The summed E-state index contributed by atoms with van der Waals surface area (Å²) in [6.07, 6.45) is 4.75. The topological polar surface area (TPSA) is 81.2 Å².